The molecule has 1 aromatic carbocycles. The van der Waals surface area contributed by atoms with Gasteiger partial charge in [-0.25, -0.2) is 4.79 Å². The predicted molar refractivity (Wildman–Crippen MR) is 100 cm³/mol. The van der Waals surface area contributed by atoms with Crippen LogP contribution in [-0.4, -0.2) is 18.3 Å². The van der Waals surface area contributed by atoms with E-state index in [0.717, 1.165) is 24.3 Å². The summed E-state index contributed by atoms with van der Waals surface area (Å²) >= 11 is 0. The number of unbranched alkanes of at least 4 members (excludes halogenated alkanes) is 4. The first-order valence-corrected chi connectivity index (χ1v) is 9.06. The summed E-state index contributed by atoms with van der Waals surface area (Å²) < 4.78 is 11.0. The second-order valence-corrected chi connectivity index (χ2v) is 6.18. The summed E-state index contributed by atoms with van der Waals surface area (Å²) in [5, 5.41) is 3.90. The van der Waals surface area contributed by atoms with E-state index >= 15 is 0 Å². The van der Waals surface area contributed by atoms with Gasteiger partial charge in [0.1, 0.15) is 17.2 Å². The Morgan fingerprint density at radius 1 is 1.08 bits per heavy atom. The second-order valence-electron chi connectivity index (χ2n) is 6.18. The first kappa shape index (κ1) is 18.0. The van der Waals surface area contributed by atoms with E-state index in [9.17, 15) is 4.79 Å². The fourth-order valence-corrected chi connectivity index (χ4v) is 2.74. The van der Waals surface area contributed by atoms with Crippen molar-refractivity contribution in [2.24, 2.45) is 5.16 Å². The van der Waals surface area contributed by atoms with Crippen LogP contribution in [0.5, 0.6) is 5.75 Å². The lowest BCUT2D eigenvalue weighted by atomic mass is 10.0. The summed E-state index contributed by atoms with van der Waals surface area (Å²) in [5.74, 6) is 0.907. The van der Waals surface area contributed by atoms with Crippen molar-refractivity contribution in [1.29, 1.82) is 0 Å². The Morgan fingerprint density at radius 2 is 1.88 bits per heavy atom. The monoisotopic (exact) mass is 353 g/mol. The zero-order valence-electron chi connectivity index (χ0n) is 14.9. The Bertz CT molecular complexity index is 773. The molecule has 2 heterocycles. The van der Waals surface area contributed by atoms with Gasteiger partial charge in [-0.05, 0) is 48.9 Å². The van der Waals surface area contributed by atoms with Crippen LogP contribution < -0.4 is 4.74 Å². The highest BCUT2D eigenvalue weighted by Gasteiger charge is 2.27. The zero-order valence-corrected chi connectivity index (χ0v) is 14.9. The number of carbonyl (C=O) groups excluding carboxylic acids is 1. The molecular weight excluding hydrogens is 330 g/mol. The van der Waals surface area contributed by atoms with Gasteiger partial charge in [0.25, 0.3) is 0 Å². The van der Waals surface area contributed by atoms with E-state index in [1.165, 1.54) is 25.7 Å². The SMILES string of the molecule is CCCCCCCOc1ccc(C2=NOC(=O)/C2=C\c2ccco2)cc1. The number of oxime groups is 1. The van der Waals surface area contributed by atoms with E-state index in [0.29, 0.717) is 17.0 Å². The molecule has 0 spiro atoms. The molecule has 5 heteroatoms. The van der Waals surface area contributed by atoms with E-state index in [2.05, 4.69) is 12.1 Å². The molecule has 3 rings (SSSR count). The summed E-state index contributed by atoms with van der Waals surface area (Å²) in [7, 11) is 0. The molecule has 0 saturated carbocycles. The van der Waals surface area contributed by atoms with Gasteiger partial charge < -0.3 is 14.0 Å². The molecule has 0 amide bonds. The van der Waals surface area contributed by atoms with Gasteiger partial charge in [-0.2, -0.15) is 0 Å². The molecule has 0 N–H and O–H groups in total. The van der Waals surface area contributed by atoms with Gasteiger partial charge >= 0.3 is 5.97 Å². The van der Waals surface area contributed by atoms with Crippen molar-refractivity contribution in [2.45, 2.75) is 39.0 Å². The molecule has 26 heavy (non-hydrogen) atoms. The lowest BCUT2D eigenvalue weighted by Crippen LogP contribution is -2.07. The second kappa shape index (κ2) is 9.04. The standard InChI is InChI=1S/C21H23NO4/c1-2-3-4-5-6-13-24-17-11-9-16(10-12-17)20-19(21(23)26-22-20)15-18-8-7-14-25-18/h7-12,14-15H,2-6,13H2,1H3/b19-15-. The molecule has 1 aromatic heterocycles. The highest BCUT2D eigenvalue weighted by molar-refractivity contribution is 6.31. The van der Waals surface area contributed by atoms with E-state index in [1.54, 1.807) is 24.5 Å². The number of nitrogens with zero attached hydrogens (tertiary/aromatic N) is 1. The number of furan rings is 1. The van der Waals surface area contributed by atoms with Crippen LogP contribution in [0.2, 0.25) is 0 Å². The van der Waals surface area contributed by atoms with Gasteiger partial charge in [-0.3, -0.25) is 0 Å². The smallest absolute Gasteiger partial charge is 0.368 e. The number of rotatable bonds is 9. The minimum atomic E-state index is -0.483. The largest absolute Gasteiger partial charge is 0.494 e. The van der Waals surface area contributed by atoms with Gasteiger partial charge in [-0.15, -0.1) is 0 Å². The summed E-state index contributed by atoms with van der Waals surface area (Å²) in [6, 6.07) is 11.1. The van der Waals surface area contributed by atoms with Gasteiger partial charge in [0.05, 0.1) is 18.4 Å². The minimum Gasteiger partial charge on any atom is -0.494 e. The van der Waals surface area contributed by atoms with Crippen LogP contribution in [0, 0.1) is 0 Å². The molecule has 5 nitrogen and oxygen atoms in total. The van der Waals surface area contributed by atoms with Gasteiger partial charge in [0.2, 0.25) is 0 Å². The third-order valence-electron chi connectivity index (χ3n) is 4.17. The lowest BCUT2D eigenvalue weighted by Gasteiger charge is -2.07. The van der Waals surface area contributed by atoms with E-state index in [-0.39, 0.29) is 0 Å². The van der Waals surface area contributed by atoms with Crippen molar-refractivity contribution in [2.75, 3.05) is 6.61 Å². The average molecular weight is 353 g/mol. The number of ether oxygens (including phenoxy) is 1. The van der Waals surface area contributed by atoms with Crippen molar-refractivity contribution in [3.63, 3.8) is 0 Å². The molecule has 2 aromatic rings. The van der Waals surface area contributed by atoms with Gasteiger partial charge in [-0.1, -0.05) is 37.8 Å². The summed E-state index contributed by atoms with van der Waals surface area (Å²) in [6.45, 7) is 2.93. The number of hydrogen-bond donors (Lipinski definition) is 0. The molecule has 0 atom stereocenters. The van der Waals surface area contributed by atoms with Crippen LogP contribution in [0.3, 0.4) is 0 Å². The van der Waals surface area contributed by atoms with Gasteiger partial charge in [0, 0.05) is 5.56 Å². The van der Waals surface area contributed by atoms with Crippen molar-refractivity contribution in [3.05, 3.63) is 59.6 Å². The molecule has 1 aliphatic heterocycles. The Hall–Kier alpha value is -2.82. The maximum absolute atomic E-state index is 11.9. The molecule has 1 aliphatic rings. The van der Waals surface area contributed by atoms with Gasteiger partial charge in [0.15, 0.2) is 0 Å². The topological polar surface area (TPSA) is 61.0 Å². The molecule has 0 unspecified atom stereocenters. The Kier molecular flexibility index (Phi) is 6.25. The van der Waals surface area contributed by atoms with Crippen LogP contribution in [0.4, 0.5) is 0 Å². The van der Waals surface area contributed by atoms with Crippen molar-refractivity contribution in [3.8, 4) is 5.75 Å². The zero-order chi connectivity index (χ0) is 18.2. The number of hydrogen-bond acceptors (Lipinski definition) is 5. The lowest BCUT2D eigenvalue weighted by molar-refractivity contribution is -0.136. The first-order chi connectivity index (χ1) is 12.8. The van der Waals surface area contributed by atoms with Crippen LogP contribution >= 0.6 is 0 Å². The maximum atomic E-state index is 11.9. The summed E-state index contributed by atoms with van der Waals surface area (Å²) in [5.41, 5.74) is 1.67. The van der Waals surface area contributed by atoms with Crippen LogP contribution in [0.15, 0.2) is 57.8 Å². The molecule has 0 saturated heterocycles. The number of carbonyl (C=O) groups is 1. The predicted octanol–water partition coefficient (Wildman–Crippen LogP) is 4.97. The molecule has 0 bridgehead atoms. The van der Waals surface area contributed by atoms with E-state index in [1.807, 2.05) is 24.3 Å². The Balaban J connectivity index is 1.60. The Labute approximate surface area is 153 Å². The Morgan fingerprint density at radius 3 is 2.62 bits per heavy atom. The van der Waals surface area contributed by atoms with Crippen molar-refractivity contribution >= 4 is 17.8 Å². The molecule has 0 aliphatic carbocycles. The minimum absolute atomic E-state index is 0.379. The molecule has 136 valence electrons. The first-order valence-electron chi connectivity index (χ1n) is 9.06. The third-order valence-corrected chi connectivity index (χ3v) is 4.17. The number of benzene rings is 1. The van der Waals surface area contributed by atoms with E-state index in [4.69, 9.17) is 14.0 Å². The average Bonchev–Trinajstić information content (AvgIpc) is 3.30. The fourth-order valence-electron chi connectivity index (χ4n) is 2.74. The molecular formula is C21H23NO4. The highest BCUT2D eigenvalue weighted by atomic mass is 16.7. The van der Waals surface area contributed by atoms with Crippen LogP contribution in [0.25, 0.3) is 6.08 Å². The molecule has 0 radical (unpaired) electrons. The van der Waals surface area contributed by atoms with E-state index < -0.39 is 5.97 Å². The van der Waals surface area contributed by atoms with Crippen LogP contribution in [0.1, 0.15) is 50.4 Å². The van der Waals surface area contributed by atoms with Crippen molar-refractivity contribution in [1.82, 2.24) is 0 Å². The third kappa shape index (κ3) is 4.63. The highest BCUT2D eigenvalue weighted by Crippen LogP contribution is 2.23. The quantitative estimate of drug-likeness (QED) is 0.363. The summed E-state index contributed by atoms with van der Waals surface area (Å²) in [4.78, 5) is 16.8. The summed E-state index contributed by atoms with van der Waals surface area (Å²) in [6.07, 6.45) is 9.24. The maximum Gasteiger partial charge on any atom is 0.368 e. The molecule has 0 fully saturated rings. The fraction of sp³-hybridized carbons (Fsp3) is 0.333. The van der Waals surface area contributed by atoms with Crippen LogP contribution in [-0.2, 0) is 9.63 Å². The normalized spacial score (nSPS) is 15.2. The van der Waals surface area contributed by atoms with Crippen molar-refractivity contribution < 1.29 is 18.8 Å².